The highest BCUT2D eigenvalue weighted by Gasteiger charge is 2.17. The topological polar surface area (TPSA) is 97.8 Å². The largest absolute Gasteiger partial charge is 0.505 e. The van der Waals surface area contributed by atoms with Crippen LogP contribution in [0, 0.1) is 0 Å². The van der Waals surface area contributed by atoms with Gasteiger partial charge in [0.1, 0.15) is 12.3 Å². The van der Waals surface area contributed by atoms with Gasteiger partial charge in [-0.15, -0.1) is 0 Å². The third-order valence-electron chi connectivity index (χ3n) is 3.97. The highest BCUT2D eigenvalue weighted by atomic mass is 16.5. The molecule has 0 radical (unpaired) electrons. The summed E-state index contributed by atoms with van der Waals surface area (Å²) in [5.41, 5.74) is -0.136. The molecule has 1 aromatic heterocycles. The molecule has 7 heteroatoms. The summed E-state index contributed by atoms with van der Waals surface area (Å²) in [4.78, 5) is 27.8. The number of pyridine rings is 1. The van der Waals surface area contributed by atoms with Crippen LogP contribution in [0.5, 0.6) is 11.5 Å². The van der Waals surface area contributed by atoms with Crippen LogP contribution in [-0.2, 0) is 9.53 Å². The van der Waals surface area contributed by atoms with Crippen molar-refractivity contribution < 1.29 is 24.2 Å². The molecule has 0 aliphatic carbocycles. The van der Waals surface area contributed by atoms with Crippen LogP contribution in [0.25, 0.3) is 10.8 Å². The second kappa shape index (κ2) is 10.4. The van der Waals surface area contributed by atoms with Gasteiger partial charge >= 0.3 is 5.97 Å². The van der Waals surface area contributed by atoms with E-state index in [1.165, 1.54) is 6.20 Å². The minimum absolute atomic E-state index is 0.136. The normalized spacial score (nSPS) is 10.6. The van der Waals surface area contributed by atoms with Crippen LogP contribution in [0.4, 0.5) is 0 Å². The molecule has 0 aliphatic rings. The fraction of sp³-hybridized carbons (Fsp3) is 0.450. The van der Waals surface area contributed by atoms with Crippen molar-refractivity contribution >= 4 is 22.6 Å². The molecule has 0 saturated heterocycles. The molecular weight excluding hydrogens is 348 g/mol. The van der Waals surface area contributed by atoms with Crippen molar-refractivity contribution in [3.05, 3.63) is 30.1 Å². The summed E-state index contributed by atoms with van der Waals surface area (Å²) in [6.45, 7) is 4.75. The monoisotopic (exact) mass is 374 g/mol. The van der Waals surface area contributed by atoms with E-state index in [4.69, 9.17) is 9.47 Å². The first-order valence-corrected chi connectivity index (χ1v) is 9.25. The number of hydrogen-bond donors (Lipinski definition) is 2. The van der Waals surface area contributed by atoms with Gasteiger partial charge in [-0.1, -0.05) is 26.7 Å². The maximum atomic E-state index is 12.2. The molecule has 0 bridgehead atoms. The number of nitrogens with zero attached hydrogens (tertiary/aromatic N) is 1. The Labute approximate surface area is 158 Å². The van der Waals surface area contributed by atoms with Gasteiger partial charge in [0.25, 0.3) is 5.91 Å². The summed E-state index contributed by atoms with van der Waals surface area (Å²) in [6, 6.07) is 5.19. The highest BCUT2D eigenvalue weighted by molar-refractivity contribution is 6.02. The quantitative estimate of drug-likeness (QED) is 0.490. The summed E-state index contributed by atoms with van der Waals surface area (Å²) in [5, 5.41) is 14.0. The van der Waals surface area contributed by atoms with E-state index < -0.39 is 11.9 Å². The first kappa shape index (κ1) is 20.5. The number of fused-ring (bicyclic) bond motifs is 1. The van der Waals surface area contributed by atoms with E-state index >= 15 is 0 Å². The van der Waals surface area contributed by atoms with Gasteiger partial charge in [-0.25, -0.2) is 4.98 Å². The molecule has 1 heterocycles. The van der Waals surface area contributed by atoms with E-state index in [9.17, 15) is 14.7 Å². The predicted octanol–water partition coefficient (Wildman–Crippen LogP) is 3.19. The fourth-order valence-electron chi connectivity index (χ4n) is 2.39. The van der Waals surface area contributed by atoms with E-state index in [1.807, 2.05) is 6.92 Å². The van der Waals surface area contributed by atoms with Gasteiger partial charge in [0.15, 0.2) is 11.4 Å². The minimum Gasteiger partial charge on any atom is -0.505 e. The molecule has 146 valence electrons. The van der Waals surface area contributed by atoms with Crippen molar-refractivity contribution in [3.8, 4) is 11.5 Å². The Bertz CT molecular complexity index is 791. The lowest BCUT2D eigenvalue weighted by molar-refractivity contribution is -0.142. The van der Waals surface area contributed by atoms with Crippen LogP contribution >= 0.6 is 0 Å². The second-order valence-electron chi connectivity index (χ2n) is 6.16. The minimum atomic E-state index is -0.634. The Balaban J connectivity index is 2.03. The summed E-state index contributed by atoms with van der Waals surface area (Å²) in [5.74, 6) is -0.704. The van der Waals surface area contributed by atoms with Crippen LogP contribution in [0.1, 0.15) is 50.0 Å². The van der Waals surface area contributed by atoms with Crippen molar-refractivity contribution in [1.82, 2.24) is 10.3 Å². The Morgan fingerprint density at radius 2 is 1.89 bits per heavy atom. The van der Waals surface area contributed by atoms with Crippen molar-refractivity contribution in [2.45, 2.75) is 39.5 Å². The van der Waals surface area contributed by atoms with E-state index in [2.05, 4.69) is 17.2 Å². The number of carbonyl (C=O) groups is 2. The first-order chi connectivity index (χ1) is 13.1. The Morgan fingerprint density at radius 3 is 2.63 bits per heavy atom. The zero-order valence-corrected chi connectivity index (χ0v) is 15.8. The van der Waals surface area contributed by atoms with Crippen LogP contribution in [0.2, 0.25) is 0 Å². The van der Waals surface area contributed by atoms with Gasteiger partial charge in [0.05, 0.1) is 13.2 Å². The smallest absolute Gasteiger partial charge is 0.325 e. The van der Waals surface area contributed by atoms with Crippen molar-refractivity contribution in [2.24, 2.45) is 0 Å². The lowest BCUT2D eigenvalue weighted by atomic mass is 10.1. The van der Waals surface area contributed by atoms with Crippen LogP contribution in [0.15, 0.2) is 24.4 Å². The lowest BCUT2D eigenvalue weighted by Gasteiger charge is -2.10. The molecule has 7 nitrogen and oxygen atoms in total. The number of ether oxygens (including phenoxy) is 2. The molecule has 2 aromatic rings. The Morgan fingerprint density at radius 1 is 1.15 bits per heavy atom. The van der Waals surface area contributed by atoms with Crippen molar-refractivity contribution in [1.29, 1.82) is 0 Å². The number of unbranched alkanes of at least 4 members (excludes halogenated alkanes) is 2. The first-order valence-electron chi connectivity index (χ1n) is 9.25. The average Bonchev–Trinajstić information content (AvgIpc) is 2.67. The zero-order valence-electron chi connectivity index (χ0n) is 15.8. The summed E-state index contributed by atoms with van der Waals surface area (Å²) >= 11 is 0. The number of nitrogens with one attached hydrogen (secondary N) is 1. The molecule has 2 rings (SSSR count). The van der Waals surface area contributed by atoms with Gasteiger partial charge in [-0.2, -0.15) is 0 Å². The number of aromatic nitrogens is 1. The second-order valence-corrected chi connectivity index (χ2v) is 6.16. The lowest BCUT2D eigenvalue weighted by Crippen LogP contribution is -2.31. The SMILES string of the molecule is CCCCOC(=O)CNC(=O)c1ncc2cc(OCCCC)ccc2c1O. The van der Waals surface area contributed by atoms with E-state index in [0.29, 0.717) is 29.7 Å². The number of amides is 1. The van der Waals surface area contributed by atoms with Crippen molar-refractivity contribution in [3.63, 3.8) is 0 Å². The molecule has 27 heavy (non-hydrogen) atoms. The molecule has 1 amide bonds. The molecule has 1 aromatic carbocycles. The summed E-state index contributed by atoms with van der Waals surface area (Å²) < 4.78 is 10.6. The van der Waals surface area contributed by atoms with E-state index in [-0.39, 0.29) is 18.0 Å². The molecule has 0 spiro atoms. The zero-order chi connectivity index (χ0) is 19.6. The number of carbonyl (C=O) groups excluding carboxylic acids is 2. The number of esters is 1. The van der Waals surface area contributed by atoms with E-state index in [1.54, 1.807) is 18.2 Å². The van der Waals surface area contributed by atoms with Gasteiger partial charge in [0, 0.05) is 17.0 Å². The molecule has 0 atom stereocenters. The van der Waals surface area contributed by atoms with E-state index in [0.717, 1.165) is 25.7 Å². The Hall–Kier alpha value is -2.83. The average molecular weight is 374 g/mol. The molecule has 0 saturated carbocycles. The fourth-order valence-corrected chi connectivity index (χ4v) is 2.39. The van der Waals surface area contributed by atoms with Gasteiger partial charge in [-0.3, -0.25) is 9.59 Å². The van der Waals surface area contributed by atoms with Crippen molar-refractivity contribution in [2.75, 3.05) is 19.8 Å². The number of rotatable bonds is 10. The number of benzene rings is 1. The van der Waals surface area contributed by atoms with Gasteiger partial charge < -0.3 is 19.9 Å². The predicted molar refractivity (Wildman–Crippen MR) is 102 cm³/mol. The van der Waals surface area contributed by atoms with Crippen LogP contribution in [-0.4, -0.2) is 41.7 Å². The molecule has 2 N–H and O–H groups in total. The summed E-state index contributed by atoms with van der Waals surface area (Å²) in [6.07, 6.45) is 5.19. The molecule has 0 aliphatic heterocycles. The van der Waals surface area contributed by atoms with Crippen LogP contribution < -0.4 is 10.1 Å². The third-order valence-corrected chi connectivity index (χ3v) is 3.97. The third kappa shape index (κ3) is 5.84. The van der Waals surface area contributed by atoms with Crippen LogP contribution in [0.3, 0.4) is 0 Å². The van der Waals surface area contributed by atoms with Gasteiger partial charge in [0.2, 0.25) is 0 Å². The van der Waals surface area contributed by atoms with Gasteiger partial charge in [-0.05, 0) is 31.0 Å². The number of hydrogen-bond acceptors (Lipinski definition) is 6. The maximum absolute atomic E-state index is 12.2. The summed E-state index contributed by atoms with van der Waals surface area (Å²) in [7, 11) is 0. The Kier molecular flexibility index (Phi) is 7.85. The highest BCUT2D eigenvalue weighted by Crippen LogP contribution is 2.29. The molecular formula is C20H26N2O5. The molecule has 0 fully saturated rings. The molecule has 0 unspecified atom stereocenters. The standard InChI is InChI=1S/C20H26N2O5/c1-3-5-9-26-15-7-8-16-14(11-15)12-21-18(19(16)24)20(25)22-13-17(23)27-10-6-4-2/h7-8,11-12,24H,3-6,9-10,13H2,1-2H3,(H,22,25). The number of aromatic hydroxyl groups is 1. The maximum Gasteiger partial charge on any atom is 0.325 e.